The maximum Gasteiger partial charge on any atom is 0.272 e. The quantitative estimate of drug-likeness (QED) is 0.782. The number of rotatable bonds is 5. The van der Waals surface area contributed by atoms with E-state index in [1.807, 2.05) is 28.9 Å². The van der Waals surface area contributed by atoms with E-state index in [9.17, 15) is 4.79 Å². The lowest BCUT2D eigenvalue weighted by molar-refractivity contribution is 0.0920. The summed E-state index contributed by atoms with van der Waals surface area (Å²) in [5.41, 5.74) is 1.49. The lowest BCUT2D eigenvalue weighted by Crippen LogP contribution is -2.49. The fraction of sp³-hybridized carbons (Fsp3) is 0.556. The molecule has 3 N–H and O–H groups in total. The van der Waals surface area contributed by atoms with Gasteiger partial charge in [-0.25, -0.2) is 0 Å². The van der Waals surface area contributed by atoms with Crippen LogP contribution in [0.4, 0.5) is 0 Å². The number of hydrogen-bond donors (Lipinski definition) is 3. The average molecular weight is 330 g/mol. The van der Waals surface area contributed by atoms with Gasteiger partial charge in [0.2, 0.25) is 0 Å². The summed E-state index contributed by atoms with van der Waals surface area (Å²) in [5, 5.41) is 20.9. The van der Waals surface area contributed by atoms with Crippen LogP contribution in [-0.2, 0) is 0 Å². The van der Waals surface area contributed by atoms with Crippen molar-refractivity contribution in [1.82, 2.24) is 20.4 Å². The number of nitrogens with zero attached hydrogens (tertiary/aromatic N) is 2. The van der Waals surface area contributed by atoms with Crippen molar-refractivity contribution in [2.45, 2.75) is 51.2 Å². The van der Waals surface area contributed by atoms with Crippen LogP contribution >= 0.6 is 0 Å². The van der Waals surface area contributed by atoms with Crippen molar-refractivity contribution in [2.75, 3.05) is 13.2 Å². The summed E-state index contributed by atoms with van der Waals surface area (Å²) in [4.78, 5) is 12.7. The van der Waals surface area contributed by atoms with Gasteiger partial charge in [0.1, 0.15) is 0 Å². The van der Waals surface area contributed by atoms with Crippen LogP contribution in [0.3, 0.4) is 0 Å². The Morgan fingerprint density at radius 3 is 2.88 bits per heavy atom. The molecule has 2 atom stereocenters. The van der Waals surface area contributed by atoms with Gasteiger partial charge in [-0.15, -0.1) is 0 Å². The van der Waals surface area contributed by atoms with Crippen LogP contribution in [0.15, 0.2) is 24.3 Å². The van der Waals surface area contributed by atoms with Gasteiger partial charge in [0, 0.05) is 36.7 Å². The van der Waals surface area contributed by atoms with Gasteiger partial charge in [0.25, 0.3) is 5.91 Å². The number of aliphatic hydroxyl groups excluding tert-OH is 1. The van der Waals surface area contributed by atoms with Crippen LogP contribution in [0, 0.1) is 0 Å². The molecular weight excluding hydrogens is 304 g/mol. The molecule has 1 amide bonds. The van der Waals surface area contributed by atoms with Crippen molar-refractivity contribution in [1.29, 1.82) is 0 Å². The number of carbonyl (C=O) groups is 1. The summed E-state index contributed by atoms with van der Waals surface area (Å²) in [6.45, 7) is 5.06. The Kier molecular flexibility index (Phi) is 5.16. The van der Waals surface area contributed by atoms with Crippen molar-refractivity contribution in [3.63, 3.8) is 0 Å². The predicted molar refractivity (Wildman–Crippen MR) is 94.1 cm³/mol. The molecule has 0 saturated carbocycles. The standard InChI is InChI=1S/C18H26N4O2/c1-12(2)22-16-6-4-3-5-15(16)17(21-22)18(24)20-14-8-7-13(9-10-23)19-11-14/h3-6,12-14,19,23H,7-11H2,1-2H3,(H,20,24)/t13-,14-/m0/s1. The zero-order valence-corrected chi connectivity index (χ0v) is 14.3. The third-order valence-electron chi connectivity index (χ3n) is 4.65. The van der Waals surface area contributed by atoms with Crippen LogP contribution in [0.25, 0.3) is 10.9 Å². The molecule has 1 aliphatic heterocycles. The van der Waals surface area contributed by atoms with Gasteiger partial charge in [-0.2, -0.15) is 5.10 Å². The van der Waals surface area contributed by atoms with E-state index in [0.29, 0.717) is 11.7 Å². The van der Waals surface area contributed by atoms with Gasteiger partial charge in [-0.3, -0.25) is 9.48 Å². The average Bonchev–Trinajstić information content (AvgIpc) is 2.97. The van der Waals surface area contributed by atoms with E-state index in [2.05, 4.69) is 29.6 Å². The minimum absolute atomic E-state index is 0.107. The molecule has 2 heterocycles. The third kappa shape index (κ3) is 3.44. The molecule has 1 aliphatic rings. The molecule has 6 nitrogen and oxygen atoms in total. The minimum Gasteiger partial charge on any atom is -0.396 e. The van der Waals surface area contributed by atoms with Gasteiger partial charge in [0.05, 0.1) is 5.52 Å². The number of aliphatic hydroxyl groups is 1. The second-order valence-electron chi connectivity index (χ2n) is 6.77. The largest absolute Gasteiger partial charge is 0.396 e. The fourth-order valence-corrected chi connectivity index (χ4v) is 3.35. The first-order chi connectivity index (χ1) is 11.6. The predicted octanol–water partition coefficient (Wildman–Crippen LogP) is 1.85. The molecule has 0 bridgehead atoms. The normalized spacial score (nSPS) is 21.3. The summed E-state index contributed by atoms with van der Waals surface area (Å²) in [5.74, 6) is -0.113. The van der Waals surface area contributed by atoms with Crippen molar-refractivity contribution in [3.05, 3.63) is 30.0 Å². The molecule has 24 heavy (non-hydrogen) atoms. The molecule has 1 aromatic heterocycles. The van der Waals surface area contributed by atoms with Crippen molar-refractivity contribution in [2.24, 2.45) is 0 Å². The van der Waals surface area contributed by atoms with E-state index in [1.54, 1.807) is 0 Å². The minimum atomic E-state index is -0.113. The number of carbonyl (C=O) groups excluding carboxylic acids is 1. The molecule has 0 radical (unpaired) electrons. The van der Waals surface area contributed by atoms with E-state index in [-0.39, 0.29) is 24.6 Å². The number of amides is 1. The van der Waals surface area contributed by atoms with E-state index >= 15 is 0 Å². The first kappa shape index (κ1) is 16.9. The highest BCUT2D eigenvalue weighted by Gasteiger charge is 2.24. The highest BCUT2D eigenvalue weighted by Crippen LogP contribution is 2.22. The molecule has 130 valence electrons. The first-order valence-corrected chi connectivity index (χ1v) is 8.72. The van der Waals surface area contributed by atoms with E-state index in [4.69, 9.17) is 5.11 Å². The summed E-state index contributed by atoms with van der Waals surface area (Å²) in [6, 6.07) is 8.52. The second-order valence-corrected chi connectivity index (χ2v) is 6.77. The molecule has 0 unspecified atom stereocenters. The Labute approximate surface area is 142 Å². The Morgan fingerprint density at radius 2 is 2.21 bits per heavy atom. The van der Waals surface area contributed by atoms with Crippen LogP contribution in [0.2, 0.25) is 0 Å². The zero-order valence-electron chi connectivity index (χ0n) is 14.3. The summed E-state index contributed by atoms with van der Waals surface area (Å²) >= 11 is 0. The van der Waals surface area contributed by atoms with Gasteiger partial charge < -0.3 is 15.7 Å². The Morgan fingerprint density at radius 1 is 1.42 bits per heavy atom. The lowest BCUT2D eigenvalue weighted by atomic mass is 9.98. The molecule has 1 saturated heterocycles. The number of fused-ring (bicyclic) bond motifs is 1. The lowest BCUT2D eigenvalue weighted by Gasteiger charge is -2.30. The monoisotopic (exact) mass is 330 g/mol. The number of aromatic nitrogens is 2. The van der Waals surface area contributed by atoms with Crippen LogP contribution in [0.1, 0.15) is 49.6 Å². The fourth-order valence-electron chi connectivity index (χ4n) is 3.35. The van der Waals surface area contributed by atoms with Crippen molar-refractivity contribution < 1.29 is 9.90 Å². The number of nitrogens with one attached hydrogen (secondary N) is 2. The molecule has 1 fully saturated rings. The van der Waals surface area contributed by atoms with Crippen molar-refractivity contribution in [3.8, 4) is 0 Å². The highest BCUT2D eigenvalue weighted by atomic mass is 16.3. The number of piperidine rings is 1. The van der Waals surface area contributed by atoms with Gasteiger partial charge >= 0.3 is 0 Å². The van der Waals surface area contributed by atoms with Crippen LogP contribution < -0.4 is 10.6 Å². The molecule has 6 heteroatoms. The van der Waals surface area contributed by atoms with Gasteiger partial charge in [-0.1, -0.05) is 18.2 Å². The Balaban J connectivity index is 1.73. The smallest absolute Gasteiger partial charge is 0.272 e. The first-order valence-electron chi connectivity index (χ1n) is 8.72. The van der Waals surface area contributed by atoms with Crippen LogP contribution in [0.5, 0.6) is 0 Å². The summed E-state index contributed by atoms with van der Waals surface area (Å²) < 4.78 is 1.90. The van der Waals surface area contributed by atoms with Crippen molar-refractivity contribution >= 4 is 16.8 Å². The summed E-state index contributed by atoms with van der Waals surface area (Å²) in [6.07, 6.45) is 2.66. The highest BCUT2D eigenvalue weighted by molar-refractivity contribution is 6.05. The number of hydrogen-bond acceptors (Lipinski definition) is 4. The van der Waals surface area contributed by atoms with Gasteiger partial charge in [0.15, 0.2) is 5.69 Å². The number of para-hydroxylation sites is 1. The van der Waals surface area contributed by atoms with E-state index < -0.39 is 0 Å². The second kappa shape index (κ2) is 7.32. The maximum atomic E-state index is 12.7. The Bertz CT molecular complexity index is 702. The SMILES string of the molecule is CC(C)n1nc(C(=O)N[C@H]2CC[C@@H](CCO)NC2)c2ccccc21. The molecule has 1 aromatic carbocycles. The molecule has 0 aliphatic carbocycles. The zero-order chi connectivity index (χ0) is 17.1. The Hall–Kier alpha value is -1.92. The van der Waals surface area contributed by atoms with Crippen LogP contribution in [-0.4, -0.2) is 46.0 Å². The maximum absolute atomic E-state index is 12.7. The molecule has 0 spiro atoms. The third-order valence-corrected chi connectivity index (χ3v) is 4.65. The molecule has 2 aromatic rings. The number of benzene rings is 1. The summed E-state index contributed by atoms with van der Waals surface area (Å²) in [7, 11) is 0. The topological polar surface area (TPSA) is 79.2 Å². The van der Waals surface area contributed by atoms with E-state index in [1.165, 1.54) is 0 Å². The molecular formula is C18H26N4O2. The van der Waals surface area contributed by atoms with E-state index in [0.717, 1.165) is 36.7 Å². The molecule has 3 rings (SSSR count). The van der Waals surface area contributed by atoms with Gasteiger partial charge in [-0.05, 0) is 39.2 Å².